The van der Waals surface area contributed by atoms with Crippen LogP contribution in [0.1, 0.15) is 17.4 Å². The Bertz CT molecular complexity index is 824. The van der Waals surface area contributed by atoms with E-state index in [4.69, 9.17) is 9.47 Å². The van der Waals surface area contributed by atoms with Crippen LogP contribution in [0.2, 0.25) is 0 Å². The summed E-state index contributed by atoms with van der Waals surface area (Å²) >= 11 is 0. The van der Waals surface area contributed by atoms with Gasteiger partial charge in [-0.25, -0.2) is 4.98 Å². The second-order valence-electron chi connectivity index (χ2n) is 5.60. The van der Waals surface area contributed by atoms with Crippen molar-refractivity contribution >= 4 is 17.5 Å². The average Bonchev–Trinajstić information content (AvgIpc) is 2.66. The lowest BCUT2D eigenvalue weighted by Gasteiger charge is -2.21. The quantitative estimate of drug-likeness (QED) is 0.844. The Morgan fingerprint density at radius 2 is 2.00 bits per heavy atom. The van der Waals surface area contributed by atoms with Crippen molar-refractivity contribution in [3.63, 3.8) is 0 Å². The molecule has 1 aromatic carbocycles. The third-order valence-electron chi connectivity index (χ3n) is 3.82. The van der Waals surface area contributed by atoms with E-state index in [1.54, 1.807) is 25.1 Å². The summed E-state index contributed by atoms with van der Waals surface area (Å²) in [6, 6.07) is 8.00. The molecule has 8 heteroatoms. The highest BCUT2D eigenvalue weighted by Crippen LogP contribution is 2.32. The molecule has 8 nitrogen and oxygen atoms in total. The maximum atomic E-state index is 12.5. The van der Waals surface area contributed by atoms with Crippen LogP contribution in [-0.2, 0) is 4.79 Å². The van der Waals surface area contributed by atoms with Gasteiger partial charge in [-0.05, 0) is 31.2 Å². The smallest absolute Gasteiger partial charge is 0.276 e. The van der Waals surface area contributed by atoms with E-state index in [9.17, 15) is 14.7 Å². The van der Waals surface area contributed by atoms with Crippen LogP contribution >= 0.6 is 0 Å². The summed E-state index contributed by atoms with van der Waals surface area (Å²) in [6.07, 6.45) is 1.41. The number of nitrogens with zero attached hydrogens (tertiary/aromatic N) is 2. The number of rotatable bonds is 5. The number of carbonyl (C=O) groups is 2. The van der Waals surface area contributed by atoms with Gasteiger partial charge in [0.15, 0.2) is 17.2 Å². The lowest BCUT2D eigenvalue weighted by atomic mass is 10.2. The molecule has 1 aromatic heterocycles. The minimum Gasteiger partial charge on any atom is -0.505 e. The highest BCUT2D eigenvalue weighted by Gasteiger charge is 2.21. The molecule has 0 spiro atoms. The fourth-order valence-corrected chi connectivity index (χ4v) is 2.53. The molecule has 3 rings (SSSR count). The predicted molar refractivity (Wildman–Crippen MR) is 93.5 cm³/mol. The summed E-state index contributed by atoms with van der Waals surface area (Å²) in [5.74, 6) is 0.0968. The van der Waals surface area contributed by atoms with Gasteiger partial charge in [0.1, 0.15) is 25.5 Å². The fraction of sp³-hybridized carbons (Fsp3) is 0.278. The molecule has 2 aromatic rings. The Labute approximate surface area is 150 Å². The van der Waals surface area contributed by atoms with E-state index in [0.29, 0.717) is 36.9 Å². The Morgan fingerprint density at radius 1 is 1.23 bits per heavy atom. The number of likely N-dealkylation sites (N-methyl/N-ethyl adjacent to an activating group) is 1. The molecule has 26 heavy (non-hydrogen) atoms. The minimum atomic E-state index is -0.511. The zero-order valence-corrected chi connectivity index (χ0v) is 14.3. The van der Waals surface area contributed by atoms with Gasteiger partial charge >= 0.3 is 0 Å². The van der Waals surface area contributed by atoms with E-state index >= 15 is 0 Å². The first kappa shape index (κ1) is 17.5. The third kappa shape index (κ3) is 3.85. The van der Waals surface area contributed by atoms with Crippen molar-refractivity contribution in [1.29, 1.82) is 0 Å². The number of ether oxygens (including phenoxy) is 2. The second kappa shape index (κ2) is 7.73. The van der Waals surface area contributed by atoms with E-state index in [1.807, 2.05) is 0 Å². The van der Waals surface area contributed by atoms with Crippen molar-refractivity contribution in [2.45, 2.75) is 6.92 Å². The number of aromatic nitrogens is 1. The summed E-state index contributed by atoms with van der Waals surface area (Å²) in [7, 11) is 0. The van der Waals surface area contributed by atoms with E-state index in [1.165, 1.54) is 23.2 Å². The van der Waals surface area contributed by atoms with Crippen LogP contribution in [0.4, 0.5) is 5.69 Å². The van der Waals surface area contributed by atoms with Crippen LogP contribution in [0.15, 0.2) is 36.5 Å². The SMILES string of the molecule is CCN(CC(=O)Nc1ccc2c(c1)OCCO2)C(=O)c1ncccc1O. The topological polar surface area (TPSA) is 101 Å². The van der Waals surface area contributed by atoms with Gasteiger partial charge in [-0.2, -0.15) is 0 Å². The molecule has 1 aliphatic heterocycles. The van der Waals surface area contributed by atoms with Crippen LogP contribution in [-0.4, -0.2) is 53.1 Å². The summed E-state index contributed by atoms with van der Waals surface area (Å²) in [4.78, 5) is 30.0. The number of benzene rings is 1. The maximum Gasteiger partial charge on any atom is 0.276 e. The molecule has 0 fully saturated rings. The molecule has 2 N–H and O–H groups in total. The van der Waals surface area contributed by atoms with Crippen LogP contribution in [0.25, 0.3) is 0 Å². The second-order valence-corrected chi connectivity index (χ2v) is 5.60. The van der Waals surface area contributed by atoms with Gasteiger partial charge in [-0.1, -0.05) is 0 Å². The number of fused-ring (bicyclic) bond motifs is 1. The van der Waals surface area contributed by atoms with Crippen LogP contribution < -0.4 is 14.8 Å². The zero-order chi connectivity index (χ0) is 18.5. The summed E-state index contributed by atoms with van der Waals surface area (Å²) < 4.78 is 10.9. The number of nitrogens with one attached hydrogen (secondary N) is 1. The Hall–Kier alpha value is -3.29. The summed E-state index contributed by atoms with van der Waals surface area (Å²) in [5.41, 5.74) is 0.463. The monoisotopic (exact) mass is 357 g/mol. The number of hydrogen-bond acceptors (Lipinski definition) is 6. The van der Waals surface area contributed by atoms with Gasteiger partial charge in [0.05, 0.1) is 0 Å². The molecule has 0 saturated heterocycles. The number of carbonyl (C=O) groups excluding carboxylic acids is 2. The number of pyridine rings is 1. The molecular weight excluding hydrogens is 338 g/mol. The Morgan fingerprint density at radius 3 is 2.73 bits per heavy atom. The highest BCUT2D eigenvalue weighted by atomic mass is 16.6. The Kier molecular flexibility index (Phi) is 5.21. The van der Waals surface area contributed by atoms with Crippen molar-refractivity contribution in [2.75, 3.05) is 31.6 Å². The summed E-state index contributed by atoms with van der Waals surface area (Å²) in [5, 5.41) is 12.5. The molecule has 0 radical (unpaired) electrons. The summed E-state index contributed by atoms with van der Waals surface area (Å²) in [6.45, 7) is 2.82. The first-order chi connectivity index (χ1) is 12.6. The first-order valence-electron chi connectivity index (χ1n) is 8.21. The number of hydrogen-bond donors (Lipinski definition) is 2. The molecular formula is C18H19N3O5. The van der Waals surface area contributed by atoms with Gasteiger partial charge in [0.2, 0.25) is 5.91 Å². The van der Waals surface area contributed by atoms with Gasteiger partial charge in [-0.3, -0.25) is 9.59 Å². The minimum absolute atomic E-state index is 0.0820. The first-order valence-corrected chi connectivity index (χ1v) is 8.21. The van der Waals surface area contributed by atoms with Crippen molar-refractivity contribution in [1.82, 2.24) is 9.88 Å². The third-order valence-corrected chi connectivity index (χ3v) is 3.82. The normalized spacial score (nSPS) is 12.3. The molecule has 0 bridgehead atoms. The number of amides is 2. The van der Waals surface area contributed by atoms with Gasteiger partial charge in [0, 0.05) is 24.5 Å². The average molecular weight is 357 g/mol. The predicted octanol–water partition coefficient (Wildman–Crippen LogP) is 1.66. The highest BCUT2D eigenvalue weighted by molar-refractivity contribution is 5.99. The molecule has 0 atom stereocenters. The maximum absolute atomic E-state index is 12.5. The number of anilines is 1. The molecule has 0 unspecified atom stereocenters. The fourth-order valence-electron chi connectivity index (χ4n) is 2.53. The van der Waals surface area contributed by atoms with E-state index in [-0.39, 0.29) is 23.9 Å². The molecule has 0 aliphatic carbocycles. The largest absolute Gasteiger partial charge is 0.505 e. The molecule has 136 valence electrons. The van der Waals surface area contributed by atoms with Crippen molar-refractivity contribution in [3.05, 3.63) is 42.2 Å². The van der Waals surface area contributed by atoms with Crippen LogP contribution in [0.3, 0.4) is 0 Å². The zero-order valence-electron chi connectivity index (χ0n) is 14.3. The molecule has 0 saturated carbocycles. The van der Waals surface area contributed by atoms with Crippen LogP contribution in [0.5, 0.6) is 17.2 Å². The van der Waals surface area contributed by atoms with Crippen molar-refractivity contribution in [3.8, 4) is 17.2 Å². The lowest BCUT2D eigenvalue weighted by Crippen LogP contribution is -2.38. The van der Waals surface area contributed by atoms with Crippen molar-refractivity contribution in [2.24, 2.45) is 0 Å². The van der Waals surface area contributed by atoms with Crippen molar-refractivity contribution < 1.29 is 24.2 Å². The van der Waals surface area contributed by atoms with Gasteiger partial charge < -0.3 is 24.8 Å². The Balaban J connectivity index is 1.66. The lowest BCUT2D eigenvalue weighted by molar-refractivity contribution is -0.116. The molecule has 2 amide bonds. The van der Waals surface area contributed by atoms with Gasteiger partial charge in [-0.15, -0.1) is 0 Å². The molecule has 1 aliphatic rings. The van der Waals surface area contributed by atoms with Gasteiger partial charge in [0.25, 0.3) is 5.91 Å². The van der Waals surface area contributed by atoms with E-state index in [0.717, 1.165) is 0 Å². The van der Waals surface area contributed by atoms with Crippen LogP contribution in [0, 0.1) is 0 Å². The number of aromatic hydroxyl groups is 1. The van der Waals surface area contributed by atoms with E-state index < -0.39 is 5.91 Å². The van der Waals surface area contributed by atoms with E-state index in [2.05, 4.69) is 10.3 Å². The molecule has 2 heterocycles. The standard InChI is InChI=1S/C18H19N3O5/c1-2-21(18(24)17-13(22)4-3-7-19-17)11-16(23)20-12-5-6-14-15(10-12)26-9-8-25-14/h3-7,10,22H,2,8-9,11H2,1H3,(H,20,23).